The highest BCUT2D eigenvalue weighted by molar-refractivity contribution is 5.78. The molecular formula is C15H22N4O. The second-order valence-electron chi connectivity index (χ2n) is 5.17. The van der Waals surface area contributed by atoms with Crippen LogP contribution < -0.4 is 10.6 Å². The van der Waals surface area contributed by atoms with Gasteiger partial charge in [0.1, 0.15) is 0 Å². The fourth-order valence-electron chi connectivity index (χ4n) is 2.03. The molecule has 2 N–H and O–H groups in total. The van der Waals surface area contributed by atoms with Crippen molar-refractivity contribution in [1.82, 2.24) is 20.2 Å². The number of para-hydroxylation sites is 2. The van der Waals surface area contributed by atoms with Crippen LogP contribution in [0.2, 0.25) is 0 Å². The molecule has 1 amide bonds. The third-order valence-corrected chi connectivity index (χ3v) is 3.10. The number of amides is 1. The van der Waals surface area contributed by atoms with Gasteiger partial charge in [-0.05, 0) is 18.6 Å². The second-order valence-corrected chi connectivity index (χ2v) is 5.17. The minimum atomic E-state index is 0.0502. The molecule has 0 aliphatic rings. The summed E-state index contributed by atoms with van der Waals surface area (Å²) in [5.41, 5.74) is 2.15. The van der Waals surface area contributed by atoms with E-state index in [9.17, 15) is 4.79 Å². The number of carbonyl (C=O) groups is 1. The van der Waals surface area contributed by atoms with Crippen LogP contribution in [0, 0.1) is 0 Å². The highest BCUT2D eigenvalue weighted by Gasteiger charge is 2.03. The molecule has 5 nitrogen and oxygen atoms in total. The Morgan fingerprint density at radius 1 is 1.35 bits per heavy atom. The van der Waals surface area contributed by atoms with Gasteiger partial charge < -0.3 is 15.2 Å². The van der Waals surface area contributed by atoms with Gasteiger partial charge in [0.2, 0.25) is 5.91 Å². The molecule has 0 atom stereocenters. The van der Waals surface area contributed by atoms with E-state index in [1.54, 1.807) is 0 Å². The van der Waals surface area contributed by atoms with Crippen LogP contribution in [0.3, 0.4) is 0 Å². The van der Waals surface area contributed by atoms with E-state index in [0.717, 1.165) is 24.0 Å². The van der Waals surface area contributed by atoms with E-state index in [4.69, 9.17) is 0 Å². The highest BCUT2D eigenvalue weighted by atomic mass is 16.1. The molecule has 0 aliphatic carbocycles. The highest BCUT2D eigenvalue weighted by Crippen LogP contribution is 2.11. The fraction of sp³-hybridized carbons (Fsp3) is 0.467. The summed E-state index contributed by atoms with van der Waals surface area (Å²) in [5.74, 6) is 0.0502. The Morgan fingerprint density at radius 3 is 2.95 bits per heavy atom. The summed E-state index contributed by atoms with van der Waals surface area (Å²) in [6.07, 6.45) is 2.75. The van der Waals surface area contributed by atoms with Crippen LogP contribution in [0.1, 0.15) is 20.3 Å². The lowest BCUT2D eigenvalue weighted by Crippen LogP contribution is -2.37. The normalized spacial score (nSPS) is 11.2. The minimum absolute atomic E-state index is 0.0502. The van der Waals surface area contributed by atoms with E-state index < -0.39 is 0 Å². The topological polar surface area (TPSA) is 59.0 Å². The third-order valence-electron chi connectivity index (χ3n) is 3.10. The van der Waals surface area contributed by atoms with Gasteiger partial charge in [-0.2, -0.15) is 0 Å². The number of fused-ring (bicyclic) bond motifs is 1. The van der Waals surface area contributed by atoms with Gasteiger partial charge in [0.05, 0.1) is 23.9 Å². The van der Waals surface area contributed by atoms with Gasteiger partial charge in [-0.1, -0.05) is 26.0 Å². The maximum Gasteiger partial charge on any atom is 0.233 e. The van der Waals surface area contributed by atoms with E-state index in [2.05, 4.69) is 26.3 Å². The summed E-state index contributed by atoms with van der Waals surface area (Å²) >= 11 is 0. The molecule has 0 unspecified atom stereocenters. The van der Waals surface area contributed by atoms with Crippen molar-refractivity contribution in [3.8, 4) is 0 Å². The molecule has 2 rings (SSSR count). The average Bonchev–Trinajstić information content (AvgIpc) is 2.85. The maximum atomic E-state index is 11.5. The van der Waals surface area contributed by atoms with Gasteiger partial charge >= 0.3 is 0 Å². The van der Waals surface area contributed by atoms with Gasteiger partial charge in [-0.15, -0.1) is 0 Å². The SMILES string of the molecule is CC(C)NCC(=O)NCCCn1cnc2ccccc21. The summed E-state index contributed by atoms with van der Waals surface area (Å²) in [6.45, 7) is 5.98. The van der Waals surface area contributed by atoms with Crippen molar-refractivity contribution in [2.75, 3.05) is 13.1 Å². The van der Waals surface area contributed by atoms with Crippen molar-refractivity contribution < 1.29 is 4.79 Å². The van der Waals surface area contributed by atoms with Crippen molar-refractivity contribution in [1.29, 1.82) is 0 Å². The molecule has 108 valence electrons. The first-order valence-corrected chi connectivity index (χ1v) is 7.07. The molecule has 1 heterocycles. The molecule has 0 radical (unpaired) electrons. The van der Waals surface area contributed by atoms with Crippen LogP contribution in [0.15, 0.2) is 30.6 Å². The Labute approximate surface area is 119 Å². The zero-order valence-electron chi connectivity index (χ0n) is 12.1. The number of aryl methyl sites for hydroxylation is 1. The number of carbonyl (C=O) groups excluding carboxylic acids is 1. The predicted molar refractivity (Wildman–Crippen MR) is 80.5 cm³/mol. The van der Waals surface area contributed by atoms with Crippen molar-refractivity contribution in [3.63, 3.8) is 0 Å². The quantitative estimate of drug-likeness (QED) is 0.753. The predicted octanol–water partition coefficient (Wildman–Crippen LogP) is 1.54. The van der Waals surface area contributed by atoms with Gasteiger partial charge in [0.25, 0.3) is 0 Å². The van der Waals surface area contributed by atoms with E-state index in [1.165, 1.54) is 0 Å². The van der Waals surface area contributed by atoms with Crippen LogP contribution in [0.5, 0.6) is 0 Å². The Kier molecular flexibility index (Phi) is 5.12. The molecule has 0 bridgehead atoms. The number of aromatic nitrogens is 2. The van der Waals surface area contributed by atoms with Gasteiger partial charge in [0, 0.05) is 19.1 Å². The van der Waals surface area contributed by atoms with Crippen LogP contribution in [0.4, 0.5) is 0 Å². The monoisotopic (exact) mass is 274 g/mol. The maximum absolute atomic E-state index is 11.5. The summed E-state index contributed by atoms with van der Waals surface area (Å²) in [5, 5.41) is 6.01. The molecule has 5 heteroatoms. The van der Waals surface area contributed by atoms with Gasteiger partial charge in [0.15, 0.2) is 0 Å². The van der Waals surface area contributed by atoms with Gasteiger partial charge in [-0.3, -0.25) is 4.79 Å². The largest absolute Gasteiger partial charge is 0.355 e. The fourth-order valence-corrected chi connectivity index (χ4v) is 2.03. The third kappa shape index (κ3) is 4.06. The van der Waals surface area contributed by atoms with Crippen LogP contribution in [-0.2, 0) is 11.3 Å². The van der Waals surface area contributed by atoms with Crippen molar-refractivity contribution in [2.24, 2.45) is 0 Å². The molecular weight excluding hydrogens is 252 g/mol. The average molecular weight is 274 g/mol. The number of hydrogen-bond donors (Lipinski definition) is 2. The minimum Gasteiger partial charge on any atom is -0.355 e. The lowest BCUT2D eigenvalue weighted by molar-refractivity contribution is -0.120. The Balaban J connectivity index is 1.72. The first kappa shape index (κ1) is 14.5. The Morgan fingerprint density at radius 2 is 2.15 bits per heavy atom. The number of imidazole rings is 1. The van der Waals surface area contributed by atoms with E-state index in [-0.39, 0.29) is 5.91 Å². The number of nitrogens with zero attached hydrogens (tertiary/aromatic N) is 2. The van der Waals surface area contributed by atoms with E-state index >= 15 is 0 Å². The molecule has 20 heavy (non-hydrogen) atoms. The zero-order valence-corrected chi connectivity index (χ0v) is 12.1. The second kappa shape index (κ2) is 7.05. The van der Waals surface area contributed by atoms with E-state index in [1.807, 2.05) is 38.4 Å². The Bertz CT molecular complexity index is 562. The van der Waals surface area contributed by atoms with Crippen molar-refractivity contribution in [2.45, 2.75) is 32.9 Å². The number of hydrogen-bond acceptors (Lipinski definition) is 3. The first-order chi connectivity index (χ1) is 9.66. The zero-order chi connectivity index (χ0) is 14.4. The molecule has 0 saturated carbocycles. The summed E-state index contributed by atoms with van der Waals surface area (Å²) in [4.78, 5) is 15.9. The molecule has 0 saturated heterocycles. The van der Waals surface area contributed by atoms with Gasteiger partial charge in [-0.25, -0.2) is 4.98 Å². The summed E-state index contributed by atoms with van der Waals surface area (Å²) in [7, 11) is 0. The summed E-state index contributed by atoms with van der Waals surface area (Å²) in [6, 6.07) is 8.40. The standard InChI is InChI=1S/C15H22N4O/c1-12(2)17-10-15(20)16-8-5-9-19-11-18-13-6-3-4-7-14(13)19/h3-4,6-7,11-12,17H,5,8-10H2,1-2H3,(H,16,20). The molecule has 1 aromatic heterocycles. The Hall–Kier alpha value is -1.88. The smallest absolute Gasteiger partial charge is 0.233 e. The van der Waals surface area contributed by atoms with Crippen LogP contribution in [-0.4, -0.2) is 34.6 Å². The molecule has 2 aromatic rings. The first-order valence-electron chi connectivity index (χ1n) is 7.07. The molecule has 0 spiro atoms. The van der Waals surface area contributed by atoms with Crippen LogP contribution >= 0.6 is 0 Å². The lowest BCUT2D eigenvalue weighted by atomic mass is 10.3. The van der Waals surface area contributed by atoms with Crippen LogP contribution in [0.25, 0.3) is 11.0 Å². The molecule has 0 aliphatic heterocycles. The van der Waals surface area contributed by atoms with Crippen molar-refractivity contribution in [3.05, 3.63) is 30.6 Å². The summed E-state index contributed by atoms with van der Waals surface area (Å²) < 4.78 is 2.12. The lowest BCUT2D eigenvalue weighted by Gasteiger charge is -2.09. The van der Waals surface area contributed by atoms with Crippen molar-refractivity contribution >= 4 is 16.9 Å². The van der Waals surface area contributed by atoms with E-state index in [0.29, 0.717) is 19.1 Å². The molecule has 1 aromatic carbocycles. The number of nitrogens with one attached hydrogen (secondary N) is 2. The number of benzene rings is 1. The molecule has 0 fully saturated rings. The number of rotatable bonds is 7.